The molecular formula is C23H27NO5S. The molecule has 1 saturated heterocycles. The molecule has 1 aromatic heterocycles. The Morgan fingerprint density at radius 1 is 1.23 bits per heavy atom. The second-order valence-electron chi connectivity index (χ2n) is 7.18. The van der Waals surface area contributed by atoms with Crippen molar-refractivity contribution in [2.24, 2.45) is 0 Å². The van der Waals surface area contributed by atoms with Gasteiger partial charge in [0, 0.05) is 24.1 Å². The summed E-state index contributed by atoms with van der Waals surface area (Å²) in [7, 11) is 1.55. The zero-order valence-corrected chi connectivity index (χ0v) is 18.3. The van der Waals surface area contributed by atoms with Crippen molar-refractivity contribution in [3.8, 4) is 5.75 Å². The van der Waals surface area contributed by atoms with Crippen molar-refractivity contribution in [3.63, 3.8) is 0 Å². The van der Waals surface area contributed by atoms with Gasteiger partial charge in [0.2, 0.25) is 0 Å². The number of amides is 1. The highest BCUT2D eigenvalue weighted by atomic mass is 32.1. The standard InChI is InChI=1S/C23H27NO5S/c1-4-5-11-29-17-9-8-16(14-15(17)2)21(25)19-20(18-7-6-13-30-18)24(10-12-28-3)23(27)22(19)26/h6-9,13-14,20,25H,4-5,10-12H2,1-3H3/b21-19+. The molecule has 1 fully saturated rings. The van der Waals surface area contributed by atoms with Crippen LogP contribution in [0.5, 0.6) is 5.75 Å². The number of likely N-dealkylation sites (tertiary alicyclic amines) is 1. The molecule has 1 unspecified atom stereocenters. The Balaban J connectivity index is 2.00. The number of ketones is 1. The van der Waals surface area contributed by atoms with Gasteiger partial charge < -0.3 is 19.5 Å². The van der Waals surface area contributed by atoms with Gasteiger partial charge in [-0.3, -0.25) is 9.59 Å². The molecule has 1 N–H and O–H groups in total. The van der Waals surface area contributed by atoms with Gasteiger partial charge in [-0.2, -0.15) is 0 Å². The number of benzene rings is 1. The normalized spacial score (nSPS) is 18.2. The van der Waals surface area contributed by atoms with E-state index in [1.807, 2.05) is 24.4 Å². The van der Waals surface area contributed by atoms with E-state index in [0.29, 0.717) is 18.8 Å². The van der Waals surface area contributed by atoms with Gasteiger partial charge in [0.05, 0.1) is 24.8 Å². The number of hydrogen-bond donors (Lipinski definition) is 1. The Morgan fingerprint density at radius 3 is 2.67 bits per heavy atom. The molecule has 0 aliphatic carbocycles. The average Bonchev–Trinajstić information content (AvgIpc) is 3.35. The number of ether oxygens (including phenoxy) is 2. The smallest absolute Gasteiger partial charge is 0.295 e. The van der Waals surface area contributed by atoms with Gasteiger partial charge in [-0.1, -0.05) is 19.4 Å². The minimum absolute atomic E-state index is 0.109. The first-order valence-electron chi connectivity index (χ1n) is 10.0. The third-order valence-electron chi connectivity index (χ3n) is 5.09. The summed E-state index contributed by atoms with van der Waals surface area (Å²) in [4.78, 5) is 27.8. The maximum Gasteiger partial charge on any atom is 0.295 e. The number of Topliss-reactive ketones (excluding diaryl/α,β-unsaturated/α-hetero) is 1. The molecule has 7 heteroatoms. The van der Waals surface area contributed by atoms with E-state index in [-0.39, 0.29) is 17.9 Å². The molecule has 2 heterocycles. The third-order valence-corrected chi connectivity index (χ3v) is 6.02. The summed E-state index contributed by atoms with van der Waals surface area (Å²) in [6.45, 7) is 5.20. The molecule has 1 aliphatic heterocycles. The van der Waals surface area contributed by atoms with E-state index < -0.39 is 17.7 Å². The predicted octanol–water partition coefficient (Wildman–Crippen LogP) is 4.30. The van der Waals surface area contributed by atoms with Gasteiger partial charge in [0.15, 0.2) is 0 Å². The van der Waals surface area contributed by atoms with Crippen molar-refractivity contribution in [2.75, 3.05) is 26.9 Å². The summed E-state index contributed by atoms with van der Waals surface area (Å²) in [6.07, 6.45) is 2.01. The molecule has 0 saturated carbocycles. The highest BCUT2D eigenvalue weighted by Gasteiger charge is 2.46. The first-order valence-corrected chi connectivity index (χ1v) is 10.9. The summed E-state index contributed by atoms with van der Waals surface area (Å²) in [5, 5.41) is 13.0. The first kappa shape index (κ1) is 22.1. The number of aryl methyl sites for hydroxylation is 1. The number of carbonyl (C=O) groups is 2. The lowest BCUT2D eigenvalue weighted by molar-refractivity contribution is -0.140. The van der Waals surface area contributed by atoms with Gasteiger partial charge in [0.25, 0.3) is 11.7 Å². The lowest BCUT2D eigenvalue weighted by Gasteiger charge is -2.23. The number of aliphatic hydroxyl groups is 1. The number of nitrogens with zero attached hydrogens (tertiary/aromatic N) is 1. The lowest BCUT2D eigenvalue weighted by atomic mass is 9.99. The minimum atomic E-state index is -0.678. The quantitative estimate of drug-likeness (QED) is 0.278. The number of rotatable bonds is 9. The second kappa shape index (κ2) is 9.91. The lowest BCUT2D eigenvalue weighted by Crippen LogP contribution is -2.32. The van der Waals surface area contributed by atoms with Crippen LogP contribution in [0.3, 0.4) is 0 Å². The van der Waals surface area contributed by atoms with Crippen molar-refractivity contribution >= 4 is 28.8 Å². The fourth-order valence-corrected chi connectivity index (χ4v) is 4.33. The van der Waals surface area contributed by atoms with E-state index in [0.717, 1.165) is 29.0 Å². The predicted molar refractivity (Wildman–Crippen MR) is 117 cm³/mol. The highest BCUT2D eigenvalue weighted by Crippen LogP contribution is 2.41. The van der Waals surface area contributed by atoms with E-state index >= 15 is 0 Å². The molecule has 6 nitrogen and oxygen atoms in total. The van der Waals surface area contributed by atoms with Crippen LogP contribution in [0, 0.1) is 6.92 Å². The highest BCUT2D eigenvalue weighted by molar-refractivity contribution is 7.10. The Morgan fingerprint density at radius 2 is 2.03 bits per heavy atom. The van der Waals surface area contributed by atoms with Crippen molar-refractivity contribution < 1.29 is 24.2 Å². The summed E-state index contributed by atoms with van der Waals surface area (Å²) in [6, 6.07) is 8.40. The molecule has 0 spiro atoms. The van der Waals surface area contributed by atoms with Crippen molar-refractivity contribution in [2.45, 2.75) is 32.7 Å². The Kier molecular flexibility index (Phi) is 7.29. The summed E-state index contributed by atoms with van der Waals surface area (Å²) in [5.74, 6) is -0.726. The molecule has 1 aliphatic rings. The summed E-state index contributed by atoms with van der Waals surface area (Å²) >= 11 is 1.44. The van der Waals surface area contributed by atoms with Crippen LogP contribution in [-0.2, 0) is 14.3 Å². The van der Waals surface area contributed by atoms with Crippen molar-refractivity contribution in [3.05, 3.63) is 57.3 Å². The van der Waals surface area contributed by atoms with Crippen LogP contribution in [0.1, 0.15) is 41.8 Å². The number of unbranched alkanes of at least 4 members (excludes halogenated alkanes) is 1. The number of aliphatic hydroxyl groups excluding tert-OH is 1. The summed E-state index contributed by atoms with van der Waals surface area (Å²) < 4.78 is 10.9. The Hall–Kier alpha value is -2.64. The first-order chi connectivity index (χ1) is 14.5. The number of methoxy groups -OCH3 is 1. The van der Waals surface area contributed by atoms with E-state index in [1.165, 1.54) is 16.2 Å². The van der Waals surface area contributed by atoms with Gasteiger partial charge in [-0.05, 0) is 48.6 Å². The zero-order valence-electron chi connectivity index (χ0n) is 17.5. The van der Waals surface area contributed by atoms with Crippen LogP contribution in [0.15, 0.2) is 41.3 Å². The third kappa shape index (κ3) is 4.42. The molecule has 30 heavy (non-hydrogen) atoms. The Labute approximate surface area is 180 Å². The fourth-order valence-electron chi connectivity index (χ4n) is 3.48. The van der Waals surface area contributed by atoms with Crippen LogP contribution in [0.25, 0.3) is 5.76 Å². The number of thiophene rings is 1. The largest absolute Gasteiger partial charge is 0.507 e. The summed E-state index contributed by atoms with van der Waals surface area (Å²) in [5.41, 5.74) is 1.45. The van der Waals surface area contributed by atoms with E-state index in [2.05, 4.69) is 6.92 Å². The van der Waals surface area contributed by atoms with Gasteiger partial charge in [0.1, 0.15) is 11.5 Å². The molecule has 1 amide bonds. The topological polar surface area (TPSA) is 76.1 Å². The number of hydrogen-bond acceptors (Lipinski definition) is 6. The van der Waals surface area contributed by atoms with Crippen molar-refractivity contribution in [1.82, 2.24) is 4.90 Å². The SMILES string of the molecule is CCCCOc1ccc(/C(O)=C2\C(=O)C(=O)N(CCOC)C2c2cccs2)cc1C. The molecule has 1 aromatic carbocycles. The minimum Gasteiger partial charge on any atom is -0.507 e. The zero-order chi connectivity index (χ0) is 21.7. The monoisotopic (exact) mass is 429 g/mol. The molecule has 0 radical (unpaired) electrons. The fraction of sp³-hybridized carbons (Fsp3) is 0.391. The second-order valence-corrected chi connectivity index (χ2v) is 8.16. The molecule has 1 atom stereocenters. The van der Waals surface area contributed by atoms with Gasteiger partial charge in [-0.25, -0.2) is 0 Å². The van der Waals surface area contributed by atoms with Crippen LogP contribution in [-0.4, -0.2) is 48.6 Å². The van der Waals surface area contributed by atoms with Crippen LogP contribution < -0.4 is 4.74 Å². The number of carbonyl (C=O) groups excluding carboxylic acids is 2. The van der Waals surface area contributed by atoms with E-state index in [4.69, 9.17) is 9.47 Å². The maximum absolute atomic E-state index is 12.9. The van der Waals surface area contributed by atoms with Crippen LogP contribution in [0.4, 0.5) is 0 Å². The van der Waals surface area contributed by atoms with Crippen LogP contribution in [0.2, 0.25) is 0 Å². The van der Waals surface area contributed by atoms with Crippen molar-refractivity contribution in [1.29, 1.82) is 0 Å². The average molecular weight is 430 g/mol. The van der Waals surface area contributed by atoms with E-state index in [9.17, 15) is 14.7 Å². The van der Waals surface area contributed by atoms with Gasteiger partial charge in [-0.15, -0.1) is 11.3 Å². The molecular weight excluding hydrogens is 402 g/mol. The molecule has 3 rings (SSSR count). The van der Waals surface area contributed by atoms with Gasteiger partial charge >= 0.3 is 0 Å². The van der Waals surface area contributed by atoms with Crippen LogP contribution >= 0.6 is 11.3 Å². The molecule has 2 aromatic rings. The van der Waals surface area contributed by atoms with E-state index in [1.54, 1.807) is 25.3 Å². The molecule has 160 valence electrons. The molecule has 0 bridgehead atoms. The Bertz CT molecular complexity index is 935. The maximum atomic E-state index is 12.9.